The average Bonchev–Trinajstić information content (AvgIpc) is 2.42. The number of hydrazine groups is 1. The van der Waals surface area contributed by atoms with Crippen LogP contribution in [0.1, 0.15) is 40.5 Å². The molecule has 1 unspecified atom stereocenters. The first-order valence-electron chi connectivity index (χ1n) is 7.66. The van der Waals surface area contributed by atoms with E-state index in [2.05, 4.69) is 26.5 Å². The molecular formula is C15H28N4O2S. The Bertz CT molecular complexity index is 532. The van der Waals surface area contributed by atoms with Crippen LogP contribution in [0.3, 0.4) is 0 Å². The van der Waals surface area contributed by atoms with Crippen molar-refractivity contribution >= 4 is 10.0 Å². The van der Waals surface area contributed by atoms with Crippen LogP contribution >= 0.6 is 0 Å². The second kappa shape index (κ2) is 6.99. The third-order valence-corrected chi connectivity index (χ3v) is 6.70. The van der Waals surface area contributed by atoms with Gasteiger partial charge in [0.1, 0.15) is 0 Å². The zero-order valence-corrected chi connectivity index (χ0v) is 15.1. The summed E-state index contributed by atoms with van der Waals surface area (Å²) in [5.74, 6) is 0. The van der Waals surface area contributed by atoms with Crippen molar-refractivity contribution in [2.45, 2.75) is 57.4 Å². The average molecular weight is 328 g/mol. The third kappa shape index (κ3) is 3.29. The van der Waals surface area contributed by atoms with Gasteiger partial charge in [-0.2, -0.15) is 9.57 Å². The summed E-state index contributed by atoms with van der Waals surface area (Å²) in [6, 6.07) is 2.48. The Morgan fingerprint density at radius 2 is 1.95 bits per heavy atom. The van der Waals surface area contributed by atoms with Crippen molar-refractivity contribution < 1.29 is 8.42 Å². The maximum atomic E-state index is 12.3. The molecule has 7 heteroatoms. The standard InChI is InChI=1S/C15H28N4O2S/c1-7-14(5)17(6)19(8-2)15(9-10-16)11-18(12-15)22(20,21)13(3)4/h8,13-14H,2,7,9,11-12H2,1,3-6H3. The van der Waals surface area contributed by atoms with E-state index in [0.717, 1.165) is 6.42 Å². The van der Waals surface area contributed by atoms with Gasteiger partial charge in [-0.05, 0) is 27.2 Å². The minimum atomic E-state index is -3.28. The van der Waals surface area contributed by atoms with Gasteiger partial charge < -0.3 is 5.01 Å². The normalized spacial score (nSPS) is 19.5. The molecule has 1 aliphatic heterocycles. The highest BCUT2D eigenvalue weighted by molar-refractivity contribution is 7.89. The van der Waals surface area contributed by atoms with E-state index in [9.17, 15) is 13.7 Å². The Morgan fingerprint density at radius 3 is 2.32 bits per heavy atom. The predicted molar refractivity (Wildman–Crippen MR) is 88.1 cm³/mol. The quantitative estimate of drug-likeness (QED) is 0.635. The summed E-state index contributed by atoms with van der Waals surface area (Å²) in [5, 5.41) is 12.7. The molecule has 22 heavy (non-hydrogen) atoms. The molecule has 1 heterocycles. The Kier molecular flexibility index (Phi) is 6.02. The summed E-state index contributed by atoms with van der Waals surface area (Å²) in [4.78, 5) is 0. The van der Waals surface area contributed by atoms with Crippen molar-refractivity contribution in [1.82, 2.24) is 14.3 Å². The fraction of sp³-hybridized carbons (Fsp3) is 0.800. The van der Waals surface area contributed by atoms with Crippen LogP contribution in [0, 0.1) is 11.3 Å². The van der Waals surface area contributed by atoms with Gasteiger partial charge in [0.05, 0.1) is 23.3 Å². The zero-order valence-electron chi connectivity index (χ0n) is 14.3. The highest BCUT2D eigenvalue weighted by Crippen LogP contribution is 2.35. The Morgan fingerprint density at radius 1 is 1.41 bits per heavy atom. The maximum absolute atomic E-state index is 12.3. The van der Waals surface area contributed by atoms with Gasteiger partial charge in [0.25, 0.3) is 0 Å². The highest BCUT2D eigenvalue weighted by Gasteiger charge is 2.53. The summed E-state index contributed by atoms with van der Waals surface area (Å²) in [6.45, 7) is 12.1. The van der Waals surface area contributed by atoms with Gasteiger partial charge in [-0.1, -0.05) is 13.5 Å². The Labute approximate surface area is 135 Å². The highest BCUT2D eigenvalue weighted by atomic mass is 32.2. The van der Waals surface area contributed by atoms with E-state index >= 15 is 0 Å². The summed E-state index contributed by atoms with van der Waals surface area (Å²) >= 11 is 0. The van der Waals surface area contributed by atoms with E-state index in [-0.39, 0.29) is 12.5 Å². The molecule has 0 aromatic carbocycles. The van der Waals surface area contributed by atoms with E-state index < -0.39 is 20.8 Å². The smallest absolute Gasteiger partial charge is 0.216 e. The largest absolute Gasteiger partial charge is 0.304 e. The first-order chi connectivity index (χ1) is 10.2. The topological polar surface area (TPSA) is 67.7 Å². The number of nitrogens with zero attached hydrogens (tertiary/aromatic N) is 4. The molecule has 6 nitrogen and oxygen atoms in total. The molecular weight excluding hydrogens is 300 g/mol. The second-order valence-corrected chi connectivity index (χ2v) is 8.77. The van der Waals surface area contributed by atoms with Gasteiger partial charge in [0.2, 0.25) is 10.0 Å². The van der Waals surface area contributed by atoms with Crippen LogP contribution in [0.2, 0.25) is 0 Å². The van der Waals surface area contributed by atoms with Crippen LogP contribution in [0.15, 0.2) is 12.8 Å². The molecule has 1 saturated heterocycles. The fourth-order valence-corrected chi connectivity index (χ4v) is 4.14. The summed E-state index contributed by atoms with van der Waals surface area (Å²) < 4.78 is 26.0. The summed E-state index contributed by atoms with van der Waals surface area (Å²) in [6.07, 6.45) is 2.92. The van der Waals surface area contributed by atoms with Crippen molar-refractivity contribution in [1.29, 1.82) is 5.26 Å². The summed E-state index contributed by atoms with van der Waals surface area (Å²) in [7, 11) is -1.33. The van der Waals surface area contributed by atoms with E-state index in [1.165, 1.54) is 4.31 Å². The molecule has 1 atom stereocenters. The molecule has 126 valence electrons. The zero-order chi connectivity index (χ0) is 17.1. The number of rotatable bonds is 8. The maximum Gasteiger partial charge on any atom is 0.216 e. The van der Waals surface area contributed by atoms with Crippen molar-refractivity contribution in [3.63, 3.8) is 0 Å². The molecule has 0 aromatic rings. The molecule has 0 bridgehead atoms. The van der Waals surface area contributed by atoms with Crippen LogP contribution in [0.4, 0.5) is 0 Å². The van der Waals surface area contributed by atoms with E-state index in [1.54, 1.807) is 20.0 Å². The van der Waals surface area contributed by atoms with Gasteiger partial charge in [-0.25, -0.2) is 13.4 Å². The van der Waals surface area contributed by atoms with Gasteiger partial charge in [-0.15, -0.1) is 0 Å². The first-order valence-corrected chi connectivity index (χ1v) is 9.17. The van der Waals surface area contributed by atoms with Gasteiger partial charge in [-0.3, -0.25) is 0 Å². The van der Waals surface area contributed by atoms with E-state index in [4.69, 9.17) is 0 Å². The van der Waals surface area contributed by atoms with Crippen LogP contribution in [0.5, 0.6) is 0 Å². The molecule has 0 amide bonds. The summed E-state index contributed by atoms with van der Waals surface area (Å²) in [5.41, 5.74) is -0.517. The van der Waals surface area contributed by atoms with Gasteiger partial charge in [0.15, 0.2) is 0 Å². The Balaban J connectivity index is 3.01. The lowest BCUT2D eigenvalue weighted by atomic mass is 9.88. The molecule has 1 aliphatic rings. The lowest BCUT2D eigenvalue weighted by Gasteiger charge is -2.57. The molecule has 0 saturated carbocycles. The lowest BCUT2D eigenvalue weighted by Crippen LogP contribution is -2.73. The molecule has 0 spiro atoms. The molecule has 0 N–H and O–H groups in total. The van der Waals surface area contributed by atoms with Crippen molar-refractivity contribution in [3.8, 4) is 6.07 Å². The number of nitriles is 1. The molecule has 0 aromatic heterocycles. The predicted octanol–water partition coefficient (Wildman–Crippen LogP) is 1.78. The van der Waals surface area contributed by atoms with Crippen molar-refractivity contribution in [2.24, 2.45) is 0 Å². The van der Waals surface area contributed by atoms with Crippen molar-refractivity contribution in [3.05, 3.63) is 12.8 Å². The lowest BCUT2D eigenvalue weighted by molar-refractivity contribution is -0.118. The van der Waals surface area contributed by atoms with Crippen LogP contribution in [-0.4, -0.2) is 59.7 Å². The molecule has 1 rings (SSSR count). The van der Waals surface area contributed by atoms with E-state index in [0.29, 0.717) is 13.1 Å². The molecule has 0 aliphatic carbocycles. The minimum Gasteiger partial charge on any atom is -0.304 e. The van der Waals surface area contributed by atoms with Crippen molar-refractivity contribution in [2.75, 3.05) is 20.1 Å². The van der Waals surface area contributed by atoms with Crippen LogP contribution < -0.4 is 0 Å². The number of hydrogen-bond acceptors (Lipinski definition) is 5. The van der Waals surface area contributed by atoms with Gasteiger partial charge in [0, 0.05) is 32.4 Å². The Hall–Kier alpha value is -1.10. The number of hydrogen-bond donors (Lipinski definition) is 0. The SMILES string of the molecule is C=CN(N(C)C(C)CC)C1(CC#N)CN(S(=O)(=O)C(C)C)C1. The number of sulfonamides is 1. The molecule has 0 radical (unpaired) electrons. The third-order valence-electron chi connectivity index (χ3n) is 4.53. The molecule has 1 fully saturated rings. The van der Waals surface area contributed by atoms with E-state index in [1.807, 2.05) is 17.1 Å². The van der Waals surface area contributed by atoms with Crippen LogP contribution in [-0.2, 0) is 10.0 Å². The second-order valence-electron chi connectivity index (χ2n) is 6.28. The van der Waals surface area contributed by atoms with Crippen LogP contribution in [0.25, 0.3) is 0 Å². The minimum absolute atomic E-state index is 0.268. The fourth-order valence-electron chi connectivity index (χ4n) is 2.71. The first kappa shape index (κ1) is 18.9. The van der Waals surface area contributed by atoms with Gasteiger partial charge >= 0.3 is 0 Å². The monoisotopic (exact) mass is 328 g/mol.